The fourth-order valence-electron chi connectivity index (χ4n) is 3.06. The predicted molar refractivity (Wildman–Crippen MR) is 120 cm³/mol. The lowest BCUT2D eigenvalue weighted by atomic mass is 10.0. The number of methoxy groups -OCH3 is 2. The standard InChI is InChI=1S/C20H17N3O3S.C2HF3O2/c1-23-20(24)17-14(12-6-8-21-9-7-12)11-27-19(17)18(22-23)13-4-5-15(25-2)16(10-13)26-3;3-2(4,5)1(6)7/h4-11H,1-3H3;(H,6,7). The molecule has 1 aromatic carbocycles. The summed E-state index contributed by atoms with van der Waals surface area (Å²) < 4.78 is 44.7. The molecule has 0 fully saturated rings. The van der Waals surface area contributed by atoms with Crippen molar-refractivity contribution in [3.63, 3.8) is 0 Å². The quantitative estimate of drug-likeness (QED) is 0.450. The highest BCUT2D eigenvalue weighted by Crippen LogP contribution is 2.38. The Morgan fingerprint density at radius 1 is 1.06 bits per heavy atom. The van der Waals surface area contributed by atoms with E-state index in [1.54, 1.807) is 33.7 Å². The van der Waals surface area contributed by atoms with Gasteiger partial charge in [-0.2, -0.15) is 18.3 Å². The first-order chi connectivity index (χ1) is 16.1. The van der Waals surface area contributed by atoms with Crippen LogP contribution in [0.15, 0.2) is 52.9 Å². The summed E-state index contributed by atoms with van der Waals surface area (Å²) in [6.07, 6.45) is -1.64. The van der Waals surface area contributed by atoms with Gasteiger partial charge in [-0.3, -0.25) is 9.78 Å². The molecule has 0 aliphatic rings. The molecular formula is C22H18F3N3O5S. The molecule has 0 spiro atoms. The van der Waals surface area contributed by atoms with Crippen LogP contribution in [0.25, 0.3) is 32.5 Å². The van der Waals surface area contributed by atoms with E-state index in [0.29, 0.717) is 16.9 Å². The van der Waals surface area contributed by atoms with Gasteiger partial charge in [0.2, 0.25) is 0 Å². The molecule has 0 atom stereocenters. The maximum Gasteiger partial charge on any atom is 0.490 e. The number of fused-ring (bicyclic) bond motifs is 1. The Morgan fingerprint density at radius 3 is 2.24 bits per heavy atom. The number of pyridine rings is 1. The van der Waals surface area contributed by atoms with Crippen molar-refractivity contribution in [2.75, 3.05) is 14.2 Å². The number of aromatic nitrogens is 3. The van der Waals surface area contributed by atoms with Crippen LogP contribution >= 0.6 is 11.3 Å². The largest absolute Gasteiger partial charge is 0.493 e. The van der Waals surface area contributed by atoms with Crippen molar-refractivity contribution in [1.29, 1.82) is 0 Å². The number of benzene rings is 1. The fraction of sp³-hybridized carbons (Fsp3) is 0.182. The number of carbonyl (C=O) groups is 1. The zero-order valence-corrected chi connectivity index (χ0v) is 18.9. The van der Waals surface area contributed by atoms with Crippen molar-refractivity contribution in [1.82, 2.24) is 14.8 Å². The van der Waals surface area contributed by atoms with Gasteiger partial charge in [-0.1, -0.05) is 0 Å². The van der Waals surface area contributed by atoms with Gasteiger partial charge in [0.1, 0.15) is 5.69 Å². The SMILES string of the molecule is COc1ccc(-c2nn(C)c(=O)c3c(-c4ccncc4)csc23)cc1OC.O=C(O)C(F)(F)F. The third-order valence-electron chi connectivity index (χ3n) is 4.65. The Labute approximate surface area is 194 Å². The normalized spacial score (nSPS) is 11.0. The van der Waals surface area contributed by atoms with Gasteiger partial charge in [0, 0.05) is 35.9 Å². The number of nitrogens with zero attached hydrogens (tertiary/aromatic N) is 3. The lowest BCUT2D eigenvalue weighted by Crippen LogP contribution is -2.21. The van der Waals surface area contributed by atoms with Crippen molar-refractivity contribution in [2.45, 2.75) is 6.18 Å². The molecule has 3 aromatic heterocycles. The van der Waals surface area contributed by atoms with E-state index in [4.69, 9.17) is 19.4 Å². The van der Waals surface area contributed by atoms with Crippen molar-refractivity contribution in [3.05, 3.63) is 58.5 Å². The summed E-state index contributed by atoms with van der Waals surface area (Å²) in [4.78, 5) is 25.8. The predicted octanol–water partition coefficient (Wildman–Crippen LogP) is 4.37. The number of halogens is 3. The molecule has 178 valence electrons. The summed E-state index contributed by atoms with van der Waals surface area (Å²) in [7, 11) is 4.86. The van der Waals surface area contributed by atoms with Crippen molar-refractivity contribution < 1.29 is 32.5 Å². The third-order valence-corrected chi connectivity index (χ3v) is 5.64. The average molecular weight is 493 g/mol. The molecule has 0 unspecified atom stereocenters. The molecule has 0 amide bonds. The van der Waals surface area contributed by atoms with Crippen LogP contribution in [0.2, 0.25) is 0 Å². The molecule has 0 aliphatic carbocycles. The topological polar surface area (TPSA) is 104 Å². The van der Waals surface area contributed by atoms with Crippen molar-refractivity contribution >= 4 is 27.4 Å². The highest BCUT2D eigenvalue weighted by atomic mass is 32.1. The number of aliphatic carboxylic acids is 1. The first-order valence-corrected chi connectivity index (χ1v) is 10.4. The maximum atomic E-state index is 12.8. The van der Waals surface area contributed by atoms with Gasteiger partial charge in [0.25, 0.3) is 5.56 Å². The van der Waals surface area contributed by atoms with E-state index < -0.39 is 12.1 Å². The second kappa shape index (κ2) is 9.91. The van der Waals surface area contributed by atoms with Crippen LogP contribution in [0.4, 0.5) is 13.2 Å². The van der Waals surface area contributed by atoms with Gasteiger partial charge in [-0.15, -0.1) is 11.3 Å². The van der Waals surface area contributed by atoms with Crippen LogP contribution in [-0.4, -0.2) is 46.2 Å². The molecule has 0 bridgehead atoms. The molecule has 12 heteroatoms. The summed E-state index contributed by atoms with van der Waals surface area (Å²) in [5.41, 5.74) is 3.32. The van der Waals surface area contributed by atoms with E-state index in [1.807, 2.05) is 35.7 Å². The average Bonchev–Trinajstić information content (AvgIpc) is 3.27. The number of ether oxygens (including phenoxy) is 2. The van der Waals surface area contributed by atoms with E-state index in [1.165, 1.54) is 16.0 Å². The van der Waals surface area contributed by atoms with Crippen molar-refractivity contribution in [2.24, 2.45) is 7.05 Å². The van der Waals surface area contributed by atoms with E-state index >= 15 is 0 Å². The van der Waals surface area contributed by atoms with Crippen LogP contribution in [0.5, 0.6) is 11.5 Å². The number of rotatable bonds is 4. The zero-order valence-electron chi connectivity index (χ0n) is 18.1. The molecule has 4 rings (SSSR count). The zero-order chi connectivity index (χ0) is 25.0. The summed E-state index contributed by atoms with van der Waals surface area (Å²) in [6, 6.07) is 9.43. The van der Waals surface area contributed by atoms with Crippen LogP contribution in [0.3, 0.4) is 0 Å². The number of carboxylic acids is 1. The molecule has 4 aromatic rings. The maximum absolute atomic E-state index is 12.8. The highest BCUT2D eigenvalue weighted by molar-refractivity contribution is 7.18. The van der Waals surface area contributed by atoms with Crippen LogP contribution in [0, 0.1) is 0 Å². The van der Waals surface area contributed by atoms with Gasteiger partial charge in [-0.05, 0) is 35.9 Å². The number of carboxylic acid groups (broad SMARTS) is 1. The molecule has 0 saturated carbocycles. The molecule has 1 N–H and O–H groups in total. The van der Waals surface area contributed by atoms with E-state index in [-0.39, 0.29) is 5.56 Å². The van der Waals surface area contributed by atoms with Gasteiger partial charge in [-0.25, -0.2) is 9.48 Å². The third kappa shape index (κ3) is 5.01. The minimum atomic E-state index is -5.08. The number of hydrogen-bond acceptors (Lipinski definition) is 7. The molecule has 0 aliphatic heterocycles. The summed E-state index contributed by atoms with van der Waals surface area (Å²) in [6.45, 7) is 0. The molecular weight excluding hydrogens is 475 g/mol. The molecule has 8 nitrogen and oxygen atoms in total. The lowest BCUT2D eigenvalue weighted by molar-refractivity contribution is -0.192. The monoisotopic (exact) mass is 493 g/mol. The molecule has 3 heterocycles. The van der Waals surface area contributed by atoms with Gasteiger partial charge in [0.05, 0.1) is 24.3 Å². The highest BCUT2D eigenvalue weighted by Gasteiger charge is 2.38. The number of thiophene rings is 1. The molecule has 0 radical (unpaired) electrons. The Morgan fingerprint density at radius 2 is 1.68 bits per heavy atom. The Bertz CT molecular complexity index is 1380. The Balaban J connectivity index is 0.000000406. The summed E-state index contributed by atoms with van der Waals surface area (Å²) >= 11 is 1.51. The molecule has 0 saturated heterocycles. The van der Waals surface area contributed by atoms with Gasteiger partial charge >= 0.3 is 12.1 Å². The summed E-state index contributed by atoms with van der Waals surface area (Å²) in [5, 5.41) is 14.3. The van der Waals surface area contributed by atoms with Crippen LogP contribution in [-0.2, 0) is 11.8 Å². The second-order valence-corrected chi connectivity index (χ2v) is 7.62. The lowest BCUT2D eigenvalue weighted by Gasteiger charge is -2.11. The van der Waals surface area contributed by atoms with E-state index in [2.05, 4.69) is 10.1 Å². The number of alkyl halides is 3. The Hall–Kier alpha value is -3.93. The van der Waals surface area contributed by atoms with Crippen LogP contribution in [0.1, 0.15) is 0 Å². The number of hydrogen-bond donors (Lipinski definition) is 1. The second-order valence-electron chi connectivity index (χ2n) is 6.74. The smallest absolute Gasteiger partial charge is 0.490 e. The number of aryl methyl sites for hydroxylation is 1. The summed E-state index contributed by atoms with van der Waals surface area (Å²) in [5.74, 6) is -1.50. The van der Waals surface area contributed by atoms with Crippen LogP contribution < -0.4 is 15.0 Å². The van der Waals surface area contributed by atoms with E-state index in [0.717, 1.165) is 27.1 Å². The first-order valence-electron chi connectivity index (χ1n) is 9.49. The minimum absolute atomic E-state index is 0.123. The minimum Gasteiger partial charge on any atom is -0.493 e. The Kier molecular flexibility index (Phi) is 7.20. The van der Waals surface area contributed by atoms with Gasteiger partial charge < -0.3 is 14.6 Å². The molecule has 34 heavy (non-hydrogen) atoms. The van der Waals surface area contributed by atoms with E-state index in [9.17, 15) is 18.0 Å². The fourth-order valence-corrected chi connectivity index (χ4v) is 4.14. The first kappa shape index (κ1) is 24.7. The van der Waals surface area contributed by atoms with Gasteiger partial charge in [0.15, 0.2) is 11.5 Å². The van der Waals surface area contributed by atoms with Crippen molar-refractivity contribution in [3.8, 4) is 33.9 Å².